The number of methoxy groups -OCH3 is 1. The fourth-order valence-corrected chi connectivity index (χ4v) is 1.49. The SMILES string of the molecule is CCCN(OC)C(=O)c1cc(N)cc(OC)c1. The first-order valence-corrected chi connectivity index (χ1v) is 5.42. The Labute approximate surface area is 101 Å². The Morgan fingerprint density at radius 3 is 2.59 bits per heavy atom. The molecule has 0 heterocycles. The lowest BCUT2D eigenvalue weighted by molar-refractivity contribution is -0.0948. The molecule has 1 rings (SSSR count). The largest absolute Gasteiger partial charge is 0.497 e. The van der Waals surface area contributed by atoms with Crippen molar-refractivity contribution in [1.29, 1.82) is 0 Å². The fraction of sp³-hybridized carbons (Fsp3) is 0.417. The molecule has 5 nitrogen and oxygen atoms in total. The van der Waals surface area contributed by atoms with Gasteiger partial charge in [0.15, 0.2) is 0 Å². The minimum absolute atomic E-state index is 0.222. The number of nitrogens with zero attached hydrogens (tertiary/aromatic N) is 1. The van der Waals surface area contributed by atoms with Gasteiger partial charge in [-0.1, -0.05) is 6.92 Å². The van der Waals surface area contributed by atoms with Crippen molar-refractivity contribution >= 4 is 11.6 Å². The highest BCUT2D eigenvalue weighted by atomic mass is 16.7. The first kappa shape index (κ1) is 13.3. The van der Waals surface area contributed by atoms with Crippen LogP contribution in [0.5, 0.6) is 5.75 Å². The highest BCUT2D eigenvalue weighted by Crippen LogP contribution is 2.19. The maximum Gasteiger partial charge on any atom is 0.277 e. The molecule has 1 aromatic rings. The third-order valence-corrected chi connectivity index (χ3v) is 2.29. The summed E-state index contributed by atoms with van der Waals surface area (Å²) in [6.45, 7) is 2.51. The van der Waals surface area contributed by atoms with Crippen molar-refractivity contribution in [3.8, 4) is 5.75 Å². The average Bonchev–Trinajstić information content (AvgIpc) is 2.34. The third-order valence-electron chi connectivity index (χ3n) is 2.29. The van der Waals surface area contributed by atoms with Gasteiger partial charge in [-0.3, -0.25) is 9.63 Å². The van der Waals surface area contributed by atoms with E-state index in [0.29, 0.717) is 23.5 Å². The average molecular weight is 238 g/mol. The molecule has 0 aliphatic carbocycles. The van der Waals surface area contributed by atoms with E-state index in [1.165, 1.54) is 19.3 Å². The number of hydrogen-bond acceptors (Lipinski definition) is 4. The summed E-state index contributed by atoms with van der Waals surface area (Å²) in [5.41, 5.74) is 6.64. The molecule has 1 aromatic carbocycles. The lowest BCUT2D eigenvalue weighted by atomic mass is 10.1. The van der Waals surface area contributed by atoms with Crippen molar-refractivity contribution in [1.82, 2.24) is 5.06 Å². The summed E-state index contributed by atoms with van der Waals surface area (Å²) in [6.07, 6.45) is 0.818. The number of nitrogen functional groups attached to an aromatic ring is 1. The molecule has 94 valence electrons. The maximum atomic E-state index is 12.1. The van der Waals surface area contributed by atoms with Gasteiger partial charge < -0.3 is 10.5 Å². The molecular formula is C12H18N2O3. The molecule has 0 atom stereocenters. The zero-order chi connectivity index (χ0) is 12.8. The molecule has 0 saturated carbocycles. The minimum Gasteiger partial charge on any atom is -0.497 e. The summed E-state index contributed by atoms with van der Waals surface area (Å²) in [4.78, 5) is 17.1. The summed E-state index contributed by atoms with van der Waals surface area (Å²) in [6, 6.07) is 4.90. The number of rotatable bonds is 5. The third kappa shape index (κ3) is 3.35. The molecule has 0 radical (unpaired) electrons. The van der Waals surface area contributed by atoms with Gasteiger partial charge in [0.05, 0.1) is 14.2 Å². The second-order valence-electron chi connectivity index (χ2n) is 3.58. The van der Waals surface area contributed by atoms with Crippen LogP contribution in [0.25, 0.3) is 0 Å². The molecule has 0 unspecified atom stereocenters. The molecule has 0 spiro atoms. The molecule has 0 aliphatic heterocycles. The topological polar surface area (TPSA) is 64.8 Å². The molecule has 5 heteroatoms. The van der Waals surface area contributed by atoms with Crippen LogP contribution in [0, 0.1) is 0 Å². The van der Waals surface area contributed by atoms with Crippen LogP contribution in [-0.2, 0) is 4.84 Å². The van der Waals surface area contributed by atoms with Crippen molar-refractivity contribution in [3.05, 3.63) is 23.8 Å². The van der Waals surface area contributed by atoms with Crippen LogP contribution in [0.2, 0.25) is 0 Å². The van der Waals surface area contributed by atoms with E-state index in [9.17, 15) is 4.79 Å². The van der Waals surface area contributed by atoms with Gasteiger partial charge in [-0.25, -0.2) is 5.06 Å². The lowest BCUT2D eigenvalue weighted by Gasteiger charge is -2.19. The number of hydrogen-bond donors (Lipinski definition) is 1. The van der Waals surface area contributed by atoms with E-state index in [0.717, 1.165) is 6.42 Å². The van der Waals surface area contributed by atoms with Gasteiger partial charge in [-0.15, -0.1) is 0 Å². The van der Waals surface area contributed by atoms with Gasteiger partial charge in [0.25, 0.3) is 5.91 Å². The Morgan fingerprint density at radius 2 is 2.06 bits per heavy atom. The van der Waals surface area contributed by atoms with Crippen molar-refractivity contribution in [2.24, 2.45) is 0 Å². The van der Waals surface area contributed by atoms with Crippen molar-refractivity contribution < 1.29 is 14.4 Å². The van der Waals surface area contributed by atoms with E-state index >= 15 is 0 Å². The number of ether oxygens (including phenoxy) is 1. The van der Waals surface area contributed by atoms with Gasteiger partial charge >= 0.3 is 0 Å². The Balaban J connectivity index is 2.97. The number of hydroxylamine groups is 2. The van der Waals surface area contributed by atoms with Crippen LogP contribution >= 0.6 is 0 Å². The highest BCUT2D eigenvalue weighted by molar-refractivity contribution is 5.94. The predicted molar refractivity (Wildman–Crippen MR) is 65.7 cm³/mol. The number of anilines is 1. The summed E-state index contributed by atoms with van der Waals surface area (Å²) in [5.74, 6) is 0.334. The highest BCUT2D eigenvalue weighted by Gasteiger charge is 2.16. The first-order chi connectivity index (χ1) is 8.12. The van der Waals surface area contributed by atoms with Crippen LogP contribution in [-0.4, -0.2) is 31.7 Å². The molecule has 0 aromatic heterocycles. The van der Waals surface area contributed by atoms with Crippen LogP contribution in [0.4, 0.5) is 5.69 Å². The summed E-state index contributed by atoms with van der Waals surface area (Å²) >= 11 is 0. The molecular weight excluding hydrogens is 220 g/mol. The van der Waals surface area contributed by atoms with Crippen LogP contribution in [0.15, 0.2) is 18.2 Å². The van der Waals surface area contributed by atoms with Crippen LogP contribution in [0.3, 0.4) is 0 Å². The van der Waals surface area contributed by atoms with Gasteiger partial charge in [0.1, 0.15) is 5.75 Å². The number of carbonyl (C=O) groups excluding carboxylic acids is 1. The van der Waals surface area contributed by atoms with Gasteiger partial charge in [-0.05, 0) is 18.6 Å². The van der Waals surface area contributed by atoms with E-state index in [1.807, 2.05) is 6.92 Å². The van der Waals surface area contributed by atoms with E-state index in [4.69, 9.17) is 15.3 Å². The van der Waals surface area contributed by atoms with Crippen molar-refractivity contribution in [2.45, 2.75) is 13.3 Å². The van der Waals surface area contributed by atoms with E-state index in [2.05, 4.69) is 0 Å². The Bertz CT molecular complexity index is 393. The maximum absolute atomic E-state index is 12.1. The number of nitrogens with two attached hydrogens (primary N) is 1. The molecule has 1 amide bonds. The molecule has 0 fully saturated rings. The normalized spacial score (nSPS) is 10.1. The summed E-state index contributed by atoms with van der Waals surface area (Å²) < 4.78 is 5.07. The van der Waals surface area contributed by atoms with Crippen LogP contribution < -0.4 is 10.5 Å². The second-order valence-corrected chi connectivity index (χ2v) is 3.58. The monoisotopic (exact) mass is 238 g/mol. The van der Waals surface area contributed by atoms with Crippen molar-refractivity contribution in [3.63, 3.8) is 0 Å². The Hall–Kier alpha value is -1.75. The number of amides is 1. The molecule has 0 saturated heterocycles. The molecule has 0 bridgehead atoms. The summed E-state index contributed by atoms with van der Waals surface area (Å²) in [5, 5.41) is 1.30. The standard InChI is InChI=1S/C12H18N2O3/c1-4-5-14(17-3)12(15)9-6-10(13)8-11(7-9)16-2/h6-8H,4-5,13H2,1-3H3. The van der Waals surface area contributed by atoms with E-state index in [-0.39, 0.29) is 5.91 Å². The first-order valence-electron chi connectivity index (χ1n) is 5.42. The number of benzene rings is 1. The Morgan fingerprint density at radius 1 is 1.35 bits per heavy atom. The smallest absolute Gasteiger partial charge is 0.277 e. The number of carbonyl (C=O) groups is 1. The molecule has 17 heavy (non-hydrogen) atoms. The van der Waals surface area contributed by atoms with E-state index < -0.39 is 0 Å². The summed E-state index contributed by atoms with van der Waals surface area (Å²) in [7, 11) is 3.00. The van der Waals surface area contributed by atoms with Crippen molar-refractivity contribution in [2.75, 3.05) is 26.5 Å². The predicted octanol–water partition coefficient (Wildman–Crippen LogP) is 1.69. The zero-order valence-electron chi connectivity index (χ0n) is 10.4. The van der Waals surface area contributed by atoms with E-state index in [1.54, 1.807) is 18.2 Å². The fourth-order valence-electron chi connectivity index (χ4n) is 1.49. The van der Waals surface area contributed by atoms with Gasteiger partial charge in [0.2, 0.25) is 0 Å². The van der Waals surface area contributed by atoms with Gasteiger partial charge in [-0.2, -0.15) is 0 Å². The van der Waals surface area contributed by atoms with Crippen LogP contribution in [0.1, 0.15) is 23.7 Å². The minimum atomic E-state index is -0.222. The second kappa shape index (κ2) is 6.10. The Kier molecular flexibility index (Phi) is 4.78. The quantitative estimate of drug-likeness (QED) is 0.626. The molecule has 2 N–H and O–H groups in total. The lowest BCUT2D eigenvalue weighted by Crippen LogP contribution is -2.30. The van der Waals surface area contributed by atoms with Gasteiger partial charge in [0, 0.05) is 23.9 Å². The molecule has 0 aliphatic rings. The zero-order valence-corrected chi connectivity index (χ0v) is 10.4.